The van der Waals surface area contributed by atoms with Crippen molar-refractivity contribution >= 4 is 11.5 Å². The zero-order valence-corrected chi connectivity index (χ0v) is 9.43. The fourth-order valence-corrected chi connectivity index (χ4v) is 1.63. The van der Waals surface area contributed by atoms with Gasteiger partial charge in [0.2, 0.25) is 0 Å². The quantitative estimate of drug-likeness (QED) is 0.747. The van der Waals surface area contributed by atoms with Crippen molar-refractivity contribution < 1.29 is 5.11 Å². The molecule has 0 aliphatic heterocycles. The van der Waals surface area contributed by atoms with Crippen LogP contribution in [0.4, 0.5) is 11.5 Å². The van der Waals surface area contributed by atoms with Crippen LogP contribution in [0.3, 0.4) is 0 Å². The molecule has 4 N–H and O–H groups in total. The van der Waals surface area contributed by atoms with Gasteiger partial charge in [-0.1, -0.05) is 24.3 Å². The molecule has 0 unspecified atom stereocenters. The second-order valence-corrected chi connectivity index (χ2v) is 3.72. The largest absolute Gasteiger partial charge is 0.396 e. The lowest BCUT2D eigenvalue weighted by Gasteiger charge is -2.10. The number of aliphatic hydroxyl groups excluding tert-OH is 1. The smallest absolute Gasteiger partial charge is 0.149 e. The Morgan fingerprint density at radius 3 is 2.59 bits per heavy atom. The zero-order valence-electron chi connectivity index (χ0n) is 9.43. The SMILES string of the molecule is Nc1cccnc1NCc1ccccc1CO. The standard InChI is InChI=1S/C13H15N3O/c14-12-6-3-7-15-13(12)16-8-10-4-1-2-5-11(10)9-17/h1-7,17H,8-9,14H2,(H,15,16). The minimum atomic E-state index is 0.0373. The molecular formula is C13H15N3O. The number of nitrogen functional groups attached to an aromatic ring is 1. The van der Waals surface area contributed by atoms with Gasteiger partial charge in [-0.3, -0.25) is 0 Å². The number of hydrogen-bond donors (Lipinski definition) is 3. The average molecular weight is 229 g/mol. The van der Waals surface area contributed by atoms with E-state index in [1.807, 2.05) is 24.3 Å². The minimum Gasteiger partial charge on any atom is -0.396 e. The van der Waals surface area contributed by atoms with Gasteiger partial charge in [0.05, 0.1) is 12.3 Å². The number of aliphatic hydroxyl groups is 1. The number of pyridine rings is 1. The summed E-state index contributed by atoms with van der Waals surface area (Å²) in [5.74, 6) is 0.667. The molecule has 17 heavy (non-hydrogen) atoms. The summed E-state index contributed by atoms with van der Waals surface area (Å²) in [5, 5.41) is 12.4. The van der Waals surface area contributed by atoms with Crippen molar-refractivity contribution in [3.63, 3.8) is 0 Å². The van der Waals surface area contributed by atoms with E-state index in [-0.39, 0.29) is 6.61 Å². The van der Waals surface area contributed by atoms with Gasteiger partial charge in [0.15, 0.2) is 0 Å². The Balaban J connectivity index is 2.10. The molecule has 1 aromatic heterocycles. The van der Waals surface area contributed by atoms with E-state index < -0.39 is 0 Å². The van der Waals surface area contributed by atoms with Crippen molar-refractivity contribution in [2.45, 2.75) is 13.2 Å². The van der Waals surface area contributed by atoms with Gasteiger partial charge in [-0.25, -0.2) is 4.98 Å². The molecule has 88 valence electrons. The van der Waals surface area contributed by atoms with E-state index in [0.29, 0.717) is 18.1 Å². The van der Waals surface area contributed by atoms with E-state index in [1.165, 1.54) is 0 Å². The molecule has 4 heteroatoms. The number of benzene rings is 1. The summed E-state index contributed by atoms with van der Waals surface area (Å²) >= 11 is 0. The lowest BCUT2D eigenvalue weighted by molar-refractivity contribution is 0.280. The number of aromatic nitrogens is 1. The van der Waals surface area contributed by atoms with E-state index in [0.717, 1.165) is 11.1 Å². The maximum atomic E-state index is 9.20. The molecule has 0 fully saturated rings. The first kappa shape index (κ1) is 11.4. The molecule has 0 saturated heterocycles. The second-order valence-electron chi connectivity index (χ2n) is 3.72. The Morgan fingerprint density at radius 1 is 1.12 bits per heavy atom. The van der Waals surface area contributed by atoms with Gasteiger partial charge in [0.1, 0.15) is 5.82 Å². The normalized spacial score (nSPS) is 10.2. The molecule has 0 saturated carbocycles. The molecule has 2 rings (SSSR count). The fraction of sp³-hybridized carbons (Fsp3) is 0.154. The van der Waals surface area contributed by atoms with Crippen LogP contribution in [0.1, 0.15) is 11.1 Å². The third kappa shape index (κ3) is 2.73. The predicted octanol–water partition coefficient (Wildman–Crippen LogP) is 1.77. The summed E-state index contributed by atoms with van der Waals surface area (Å²) < 4.78 is 0. The van der Waals surface area contributed by atoms with Crippen LogP contribution in [-0.2, 0) is 13.2 Å². The monoisotopic (exact) mass is 229 g/mol. The van der Waals surface area contributed by atoms with Gasteiger partial charge in [0.25, 0.3) is 0 Å². The van der Waals surface area contributed by atoms with E-state index in [4.69, 9.17) is 5.73 Å². The van der Waals surface area contributed by atoms with Crippen LogP contribution < -0.4 is 11.1 Å². The molecule has 4 nitrogen and oxygen atoms in total. The summed E-state index contributed by atoms with van der Waals surface area (Å²) in [7, 11) is 0. The highest BCUT2D eigenvalue weighted by Crippen LogP contribution is 2.16. The molecule has 0 spiro atoms. The van der Waals surface area contributed by atoms with Gasteiger partial charge in [-0.15, -0.1) is 0 Å². The number of nitrogens with one attached hydrogen (secondary N) is 1. The van der Waals surface area contributed by atoms with Crippen molar-refractivity contribution in [2.24, 2.45) is 0 Å². The maximum absolute atomic E-state index is 9.20. The van der Waals surface area contributed by atoms with E-state index in [2.05, 4.69) is 10.3 Å². The van der Waals surface area contributed by atoms with Crippen LogP contribution >= 0.6 is 0 Å². The molecular weight excluding hydrogens is 214 g/mol. The lowest BCUT2D eigenvalue weighted by Crippen LogP contribution is -2.06. The van der Waals surface area contributed by atoms with Gasteiger partial charge in [0, 0.05) is 12.7 Å². The van der Waals surface area contributed by atoms with E-state index in [1.54, 1.807) is 18.3 Å². The topological polar surface area (TPSA) is 71.2 Å². The van der Waals surface area contributed by atoms with Crippen LogP contribution in [0.25, 0.3) is 0 Å². The van der Waals surface area contributed by atoms with Gasteiger partial charge in [-0.05, 0) is 23.3 Å². The Bertz CT molecular complexity index is 500. The predicted molar refractivity (Wildman–Crippen MR) is 68.3 cm³/mol. The first-order valence-corrected chi connectivity index (χ1v) is 5.43. The minimum absolute atomic E-state index is 0.0373. The molecule has 0 aliphatic rings. The second kappa shape index (κ2) is 5.32. The third-order valence-electron chi connectivity index (χ3n) is 2.57. The Hall–Kier alpha value is -2.07. The van der Waals surface area contributed by atoms with Crippen molar-refractivity contribution in [2.75, 3.05) is 11.1 Å². The first-order valence-electron chi connectivity index (χ1n) is 5.43. The Kier molecular flexibility index (Phi) is 3.57. The number of nitrogens with two attached hydrogens (primary N) is 1. The Morgan fingerprint density at radius 2 is 1.88 bits per heavy atom. The van der Waals surface area contributed by atoms with Gasteiger partial charge >= 0.3 is 0 Å². The molecule has 0 bridgehead atoms. The summed E-state index contributed by atoms with van der Waals surface area (Å²) in [6.45, 7) is 0.632. The maximum Gasteiger partial charge on any atom is 0.149 e. The number of anilines is 2. The molecule has 0 aliphatic carbocycles. The highest BCUT2D eigenvalue weighted by molar-refractivity contribution is 5.60. The lowest BCUT2D eigenvalue weighted by atomic mass is 10.1. The van der Waals surface area contributed by atoms with E-state index in [9.17, 15) is 5.11 Å². The highest BCUT2D eigenvalue weighted by atomic mass is 16.3. The number of hydrogen-bond acceptors (Lipinski definition) is 4. The van der Waals surface area contributed by atoms with Crippen LogP contribution in [0.15, 0.2) is 42.6 Å². The van der Waals surface area contributed by atoms with Gasteiger partial charge < -0.3 is 16.2 Å². The first-order chi connectivity index (χ1) is 8.31. The Labute approximate surface area is 100 Å². The van der Waals surface area contributed by atoms with Crippen LogP contribution in [0.5, 0.6) is 0 Å². The molecule has 0 atom stereocenters. The molecule has 0 radical (unpaired) electrons. The molecule has 2 aromatic rings. The van der Waals surface area contributed by atoms with Crippen LogP contribution in [-0.4, -0.2) is 10.1 Å². The number of nitrogens with zero attached hydrogens (tertiary/aromatic N) is 1. The summed E-state index contributed by atoms with van der Waals surface area (Å²) in [6, 6.07) is 11.3. The molecule has 1 heterocycles. The van der Waals surface area contributed by atoms with Crippen LogP contribution in [0, 0.1) is 0 Å². The van der Waals surface area contributed by atoms with Crippen molar-refractivity contribution in [3.05, 3.63) is 53.7 Å². The van der Waals surface area contributed by atoms with Crippen molar-refractivity contribution in [1.29, 1.82) is 0 Å². The molecule has 1 aromatic carbocycles. The summed E-state index contributed by atoms with van der Waals surface area (Å²) in [6.07, 6.45) is 1.69. The van der Waals surface area contributed by atoms with Gasteiger partial charge in [-0.2, -0.15) is 0 Å². The number of rotatable bonds is 4. The fourth-order valence-electron chi connectivity index (χ4n) is 1.63. The summed E-state index contributed by atoms with van der Waals surface area (Å²) in [5.41, 5.74) is 8.35. The average Bonchev–Trinajstić information content (AvgIpc) is 2.38. The molecule has 0 amide bonds. The third-order valence-corrected chi connectivity index (χ3v) is 2.57. The van der Waals surface area contributed by atoms with E-state index >= 15 is 0 Å². The van der Waals surface area contributed by atoms with Crippen LogP contribution in [0.2, 0.25) is 0 Å². The van der Waals surface area contributed by atoms with Crippen molar-refractivity contribution in [3.8, 4) is 0 Å². The summed E-state index contributed by atoms with van der Waals surface area (Å²) in [4.78, 5) is 4.15. The highest BCUT2D eigenvalue weighted by Gasteiger charge is 2.02. The zero-order chi connectivity index (χ0) is 12.1. The van der Waals surface area contributed by atoms with Crippen molar-refractivity contribution in [1.82, 2.24) is 4.98 Å².